The van der Waals surface area contributed by atoms with Gasteiger partial charge in [-0.1, -0.05) is 12.1 Å². The lowest BCUT2D eigenvalue weighted by atomic mass is 10.0. The van der Waals surface area contributed by atoms with E-state index in [-0.39, 0.29) is 5.91 Å². The van der Waals surface area contributed by atoms with Crippen molar-refractivity contribution in [3.05, 3.63) is 47.3 Å². The van der Waals surface area contributed by atoms with Crippen molar-refractivity contribution in [3.63, 3.8) is 0 Å². The minimum Gasteiger partial charge on any atom is -0.385 e. The molecule has 0 saturated heterocycles. The summed E-state index contributed by atoms with van der Waals surface area (Å²) >= 11 is 0. The highest BCUT2D eigenvalue weighted by Crippen LogP contribution is 2.20. The number of aryl methyl sites for hydroxylation is 3. The van der Waals surface area contributed by atoms with Crippen LogP contribution >= 0.6 is 0 Å². The van der Waals surface area contributed by atoms with Crippen molar-refractivity contribution in [1.29, 1.82) is 0 Å². The van der Waals surface area contributed by atoms with Gasteiger partial charge in [0.2, 0.25) is 5.91 Å². The normalized spacial score (nSPS) is 11.1. The van der Waals surface area contributed by atoms with E-state index in [1.165, 1.54) is 11.1 Å². The number of aromatic nitrogens is 4. The number of carbonyl (C=O) groups excluding carboxylic acids is 1. The van der Waals surface area contributed by atoms with E-state index >= 15 is 0 Å². The number of hydrogen-bond acceptors (Lipinski definition) is 5. The first-order valence-corrected chi connectivity index (χ1v) is 9.13. The standard InChI is InChI=1S/C20H25N5O2/c1-14-5-6-16(13-15(14)2)17-7-8-18-22-23-19(25(18)24-17)9-10-20(26)21-11-4-12-27-3/h5-8,13H,4,9-12H2,1-3H3,(H,21,26). The molecule has 7 heteroatoms. The highest BCUT2D eigenvalue weighted by molar-refractivity contribution is 5.76. The van der Waals surface area contributed by atoms with Crippen LogP contribution in [0.3, 0.4) is 0 Å². The van der Waals surface area contributed by atoms with Gasteiger partial charge in [0.15, 0.2) is 11.5 Å². The van der Waals surface area contributed by atoms with Crippen LogP contribution in [0.2, 0.25) is 0 Å². The number of methoxy groups -OCH3 is 1. The minimum atomic E-state index is -0.00633. The van der Waals surface area contributed by atoms with E-state index in [1.54, 1.807) is 11.6 Å². The smallest absolute Gasteiger partial charge is 0.220 e. The van der Waals surface area contributed by atoms with Crippen LogP contribution in [0.4, 0.5) is 0 Å². The van der Waals surface area contributed by atoms with Gasteiger partial charge in [0.1, 0.15) is 0 Å². The molecular weight excluding hydrogens is 342 g/mol. The Kier molecular flexibility index (Phi) is 6.13. The fraction of sp³-hybridized carbons (Fsp3) is 0.400. The van der Waals surface area contributed by atoms with Crippen LogP contribution in [-0.4, -0.2) is 46.0 Å². The molecule has 27 heavy (non-hydrogen) atoms. The molecule has 7 nitrogen and oxygen atoms in total. The molecule has 0 saturated carbocycles. The molecule has 3 aromatic rings. The fourth-order valence-electron chi connectivity index (χ4n) is 2.80. The zero-order valence-electron chi connectivity index (χ0n) is 16.0. The molecule has 0 aliphatic rings. The summed E-state index contributed by atoms with van der Waals surface area (Å²) in [4.78, 5) is 12.0. The monoisotopic (exact) mass is 367 g/mol. The Hall–Kier alpha value is -2.80. The van der Waals surface area contributed by atoms with Crippen molar-refractivity contribution >= 4 is 11.6 Å². The van der Waals surface area contributed by atoms with E-state index in [0.29, 0.717) is 37.5 Å². The molecule has 142 valence electrons. The first-order valence-electron chi connectivity index (χ1n) is 9.13. The Labute approximate surface area is 158 Å². The number of carbonyl (C=O) groups is 1. The van der Waals surface area contributed by atoms with Gasteiger partial charge in [0, 0.05) is 38.7 Å². The number of fused-ring (bicyclic) bond motifs is 1. The summed E-state index contributed by atoms with van der Waals surface area (Å²) in [5.74, 6) is 0.677. The summed E-state index contributed by atoms with van der Waals surface area (Å²) < 4.78 is 6.70. The van der Waals surface area contributed by atoms with Crippen LogP contribution in [0.15, 0.2) is 30.3 Å². The zero-order chi connectivity index (χ0) is 19.2. The quantitative estimate of drug-likeness (QED) is 0.619. The van der Waals surface area contributed by atoms with E-state index in [4.69, 9.17) is 4.74 Å². The Morgan fingerprint density at radius 2 is 2.00 bits per heavy atom. The Bertz CT molecular complexity index is 935. The third kappa shape index (κ3) is 4.68. The number of hydrogen-bond donors (Lipinski definition) is 1. The largest absolute Gasteiger partial charge is 0.385 e. The lowest BCUT2D eigenvalue weighted by molar-refractivity contribution is -0.121. The van der Waals surface area contributed by atoms with Crippen LogP contribution in [0.5, 0.6) is 0 Å². The number of benzene rings is 1. The van der Waals surface area contributed by atoms with Crippen LogP contribution in [0.25, 0.3) is 16.9 Å². The second-order valence-corrected chi connectivity index (χ2v) is 6.60. The molecule has 1 amide bonds. The molecule has 0 aliphatic heterocycles. The van der Waals surface area contributed by atoms with E-state index in [1.807, 2.05) is 12.1 Å². The number of nitrogens with zero attached hydrogens (tertiary/aromatic N) is 4. The molecule has 1 aromatic carbocycles. The molecule has 0 radical (unpaired) electrons. The number of ether oxygens (including phenoxy) is 1. The molecule has 0 unspecified atom stereocenters. The molecule has 0 atom stereocenters. The third-order valence-corrected chi connectivity index (χ3v) is 4.55. The Balaban J connectivity index is 1.71. The maximum atomic E-state index is 12.0. The predicted molar refractivity (Wildman–Crippen MR) is 104 cm³/mol. The van der Waals surface area contributed by atoms with E-state index in [0.717, 1.165) is 17.7 Å². The van der Waals surface area contributed by atoms with Gasteiger partial charge in [-0.05, 0) is 49.6 Å². The zero-order valence-corrected chi connectivity index (χ0v) is 16.0. The van der Waals surface area contributed by atoms with Crippen LogP contribution < -0.4 is 5.32 Å². The molecule has 2 heterocycles. The minimum absolute atomic E-state index is 0.00633. The molecule has 0 aliphatic carbocycles. The fourth-order valence-corrected chi connectivity index (χ4v) is 2.80. The molecule has 0 bridgehead atoms. The van der Waals surface area contributed by atoms with Crippen molar-refractivity contribution in [3.8, 4) is 11.3 Å². The van der Waals surface area contributed by atoms with Crippen molar-refractivity contribution in [1.82, 2.24) is 25.1 Å². The van der Waals surface area contributed by atoms with E-state index in [9.17, 15) is 4.79 Å². The second kappa shape index (κ2) is 8.73. The van der Waals surface area contributed by atoms with Gasteiger partial charge in [-0.25, -0.2) is 0 Å². The van der Waals surface area contributed by atoms with E-state index in [2.05, 4.69) is 52.7 Å². The van der Waals surface area contributed by atoms with Gasteiger partial charge < -0.3 is 10.1 Å². The summed E-state index contributed by atoms with van der Waals surface area (Å²) in [6.07, 6.45) is 1.64. The number of rotatable bonds is 8. The summed E-state index contributed by atoms with van der Waals surface area (Å²) in [5, 5.41) is 15.9. The summed E-state index contributed by atoms with van der Waals surface area (Å²) in [6.45, 7) is 5.43. The van der Waals surface area contributed by atoms with Gasteiger partial charge in [0.05, 0.1) is 5.69 Å². The third-order valence-electron chi connectivity index (χ3n) is 4.55. The van der Waals surface area contributed by atoms with Gasteiger partial charge in [-0.3, -0.25) is 4.79 Å². The van der Waals surface area contributed by atoms with Gasteiger partial charge >= 0.3 is 0 Å². The topological polar surface area (TPSA) is 81.4 Å². The summed E-state index contributed by atoms with van der Waals surface area (Å²) in [6, 6.07) is 10.1. The summed E-state index contributed by atoms with van der Waals surface area (Å²) in [5.41, 5.74) is 5.06. The van der Waals surface area contributed by atoms with Gasteiger partial charge in [-0.2, -0.15) is 9.61 Å². The van der Waals surface area contributed by atoms with Crippen LogP contribution in [0.1, 0.15) is 29.8 Å². The SMILES string of the molecule is COCCCNC(=O)CCc1nnc2ccc(-c3ccc(C)c(C)c3)nn12. The van der Waals surface area contributed by atoms with Crippen molar-refractivity contribution in [2.75, 3.05) is 20.3 Å². The lowest BCUT2D eigenvalue weighted by Gasteiger charge is -2.06. The Morgan fingerprint density at radius 3 is 2.78 bits per heavy atom. The first kappa shape index (κ1) is 19.0. The summed E-state index contributed by atoms with van der Waals surface area (Å²) in [7, 11) is 1.65. The molecule has 1 N–H and O–H groups in total. The van der Waals surface area contributed by atoms with Crippen LogP contribution in [-0.2, 0) is 16.0 Å². The Morgan fingerprint density at radius 1 is 1.15 bits per heavy atom. The number of nitrogens with one attached hydrogen (secondary N) is 1. The maximum Gasteiger partial charge on any atom is 0.220 e. The average Bonchev–Trinajstić information content (AvgIpc) is 3.08. The molecule has 2 aromatic heterocycles. The highest BCUT2D eigenvalue weighted by Gasteiger charge is 2.11. The predicted octanol–water partition coefficient (Wildman–Crippen LogP) is 2.49. The maximum absolute atomic E-state index is 12.0. The number of amides is 1. The first-order chi connectivity index (χ1) is 13.1. The second-order valence-electron chi connectivity index (χ2n) is 6.60. The molecule has 0 spiro atoms. The molecular formula is C20H25N5O2. The molecule has 0 fully saturated rings. The van der Waals surface area contributed by atoms with Gasteiger partial charge in [-0.15, -0.1) is 10.2 Å². The lowest BCUT2D eigenvalue weighted by Crippen LogP contribution is -2.25. The average molecular weight is 367 g/mol. The van der Waals surface area contributed by atoms with Crippen molar-refractivity contribution in [2.24, 2.45) is 0 Å². The van der Waals surface area contributed by atoms with E-state index < -0.39 is 0 Å². The van der Waals surface area contributed by atoms with Crippen molar-refractivity contribution in [2.45, 2.75) is 33.1 Å². The van der Waals surface area contributed by atoms with Crippen molar-refractivity contribution < 1.29 is 9.53 Å². The van der Waals surface area contributed by atoms with Gasteiger partial charge in [0.25, 0.3) is 0 Å². The highest BCUT2D eigenvalue weighted by atomic mass is 16.5. The van der Waals surface area contributed by atoms with Crippen LogP contribution in [0, 0.1) is 13.8 Å². The molecule has 3 rings (SSSR count).